The molecule has 1 aromatic rings. The Morgan fingerprint density at radius 1 is 1.37 bits per heavy atom. The number of H-pyrrole nitrogens is 2. The zero-order valence-electron chi connectivity index (χ0n) is 10.1. The smallest absolute Gasteiger partial charge is 0.325 e. The molecule has 0 spiro atoms. The molecule has 8 nitrogen and oxygen atoms in total. The maximum atomic E-state index is 12.4. The van der Waals surface area contributed by atoms with E-state index in [9.17, 15) is 23.1 Å². The van der Waals surface area contributed by atoms with E-state index in [2.05, 4.69) is 4.98 Å². The van der Waals surface area contributed by atoms with Gasteiger partial charge in [-0.05, 0) is 12.8 Å². The molecule has 106 valence electrons. The molecule has 3 N–H and O–H groups in total. The van der Waals surface area contributed by atoms with Gasteiger partial charge >= 0.3 is 5.69 Å². The molecule has 19 heavy (non-hydrogen) atoms. The van der Waals surface area contributed by atoms with Crippen LogP contribution in [0.15, 0.2) is 20.7 Å². The van der Waals surface area contributed by atoms with Crippen molar-refractivity contribution in [2.24, 2.45) is 0 Å². The lowest BCUT2D eigenvalue weighted by Gasteiger charge is -2.33. The first-order chi connectivity index (χ1) is 8.96. The number of aliphatic hydroxyl groups excluding tert-OH is 1. The standard InChI is InChI=1S/C10H15N3O5S/c14-6-7-3-1-2-4-13(7)19(17,18)8-5-11-10(16)12-9(8)15/h5,7,14H,1-4,6H2,(H2,11,12,15,16). The Morgan fingerprint density at radius 2 is 2.11 bits per heavy atom. The van der Waals surface area contributed by atoms with E-state index in [-0.39, 0.29) is 13.2 Å². The molecular formula is C10H15N3O5S. The van der Waals surface area contributed by atoms with Gasteiger partial charge in [-0.1, -0.05) is 6.42 Å². The summed E-state index contributed by atoms with van der Waals surface area (Å²) in [4.78, 5) is 26.0. The van der Waals surface area contributed by atoms with Gasteiger partial charge in [0.2, 0.25) is 10.0 Å². The van der Waals surface area contributed by atoms with Crippen LogP contribution >= 0.6 is 0 Å². The van der Waals surface area contributed by atoms with Crippen molar-refractivity contribution in [2.75, 3.05) is 13.2 Å². The molecule has 2 heterocycles. The van der Waals surface area contributed by atoms with E-state index in [0.29, 0.717) is 12.8 Å². The van der Waals surface area contributed by atoms with Crippen LogP contribution in [0.1, 0.15) is 19.3 Å². The lowest BCUT2D eigenvalue weighted by molar-refractivity contribution is 0.155. The predicted octanol–water partition coefficient (Wildman–Crippen LogP) is -1.40. The van der Waals surface area contributed by atoms with Crippen LogP contribution in [0.3, 0.4) is 0 Å². The number of aromatic nitrogens is 2. The van der Waals surface area contributed by atoms with Crippen molar-refractivity contribution in [1.82, 2.24) is 14.3 Å². The second kappa shape index (κ2) is 5.27. The second-order valence-corrected chi connectivity index (χ2v) is 6.24. The first-order valence-corrected chi connectivity index (χ1v) is 7.35. The summed E-state index contributed by atoms with van der Waals surface area (Å²) in [6.45, 7) is -0.0351. The van der Waals surface area contributed by atoms with Crippen LogP contribution in [0.4, 0.5) is 0 Å². The zero-order valence-corrected chi connectivity index (χ0v) is 10.9. The molecule has 0 saturated carbocycles. The van der Waals surface area contributed by atoms with Crippen molar-refractivity contribution in [3.8, 4) is 0 Å². The minimum Gasteiger partial charge on any atom is -0.395 e. The highest BCUT2D eigenvalue weighted by Crippen LogP contribution is 2.22. The van der Waals surface area contributed by atoms with Crippen molar-refractivity contribution in [1.29, 1.82) is 0 Å². The highest BCUT2D eigenvalue weighted by atomic mass is 32.2. The summed E-state index contributed by atoms with van der Waals surface area (Å²) >= 11 is 0. The second-order valence-electron chi connectivity index (χ2n) is 4.38. The Labute approximate surface area is 109 Å². The lowest BCUT2D eigenvalue weighted by Crippen LogP contribution is -2.47. The molecule has 0 bridgehead atoms. The number of hydrogen-bond acceptors (Lipinski definition) is 5. The minimum atomic E-state index is -4.01. The number of sulfonamides is 1. The molecule has 1 fully saturated rings. The van der Waals surface area contributed by atoms with Crippen LogP contribution in [0.2, 0.25) is 0 Å². The molecule has 1 atom stereocenters. The average Bonchev–Trinajstić information content (AvgIpc) is 2.38. The van der Waals surface area contributed by atoms with Gasteiger partial charge in [0.25, 0.3) is 5.56 Å². The average molecular weight is 289 g/mol. The number of nitrogens with zero attached hydrogens (tertiary/aromatic N) is 1. The largest absolute Gasteiger partial charge is 0.395 e. The summed E-state index contributed by atoms with van der Waals surface area (Å²) in [5, 5.41) is 9.24. The molecule has 0 aromatic carbocycles. The van der Waals surface area contributed by atoms with Gasteiger partial charge in [0.1, 0.15) is 0 Å². The summed E-state index contributed by atoms with van der Waals surface area (Å²) < 4.78 is 25.8. The van der Waals surface area contributed by atoms with Gasteiger partial charge in [-0.2, -0.15) is 4.31 Å². The van der Waals surface area contributed by atoms with Crippen molar-refractivity contribution in [2.45, 2.75) is 30.2 Å². The molecular weight excluding hydrogens is 274 g/mol. The van der Waals surface area contributed by atoms with E-state index in [0.717, 1.165) is 16.9 Å². The van der Waals surface area contributed by atoms with Gasteiger partial charge in [-0.3, -0.25) is 9.78 Å². The fourth-order valence-electron chi connectivity index (χ4n) is 2.19. The van der Waals surface area contributed by atoms with Gasteiger partial charge in [0.15, 0.2) is 4.90 Å². The monoisotopic (exact) mass is 289 g/mol. The molecule has 1 saturated heterocycles. The molecule has 1 aliphatic rings. The van der Waals surface area contributed by atoms with Gasteiger partial charge in [-0.15, -0.1) is 0 Å². The summed E-state index contributed by atoms with van der Waals surface area (Å²) in [5.74, 6) is 0. The fraction of sp³-hybridized carbons (Fsp3) is 0.600. The van der Waals surface area contributed by atoms with E-state index < -0.39 is 32.2 Å². The Morgan fingerprint density at radius 3 is 2.74 bits per heavy atom. The molecule has 0 aliphatic carbocycles. The first-order valence-electron chi connectivity index (χ1n) is 5.91. The summed E-state index contributed by atoms with van der Waals surface area (Å²) in [6.07, 6.45) is 2.95. The predicted molar refractivity (Wildman–Crippen MR) is 66.3 cm³/mol. The SMILES string of the molecule is O=c1[nH]cc(S(=O)(=O)N2CCCCC2CO)c(=O)[nH]1. The Bertz CT molecular complexity index is 662. The number of rotatable bonds is 3. The number of piperidine rings is 1. The highest BCUT2D eigenvalue weighted by molar-refractivity contribution is 7.89. The van der Waals surface area contributed by atoms with Crippen molar-refractivity contribution in [3.05, 3.63) is 27.0 Å². The van der Waals surface area contributed by atoms with E-state index in [1.807, 2.05) is 4.98 Å². The molecule has 2 rings (SSSR count). The van der Waals surface area contributed by atoms with Crippen LogP contribution in [0.25, 0.3) is 0 Å². The third-order valence-corrected chi connectivity index (χ3v) is 5.11. The summed E-state index contributed by atoms with van der Waals surface area (Å²) in [6, 6.07) is -0.523. The first kappa shape index (κ1) is 14.0. The van der Waals surface area contributed by atoms with Gasteiger partial charge in [0, 0.05) is 18.8 Å². The number of aromatic amines is 2. The topological polar surface area (TPSA) is 123 Å². The third-order valence-electron chi connectivity index (χ3n) is 3.16. The Hall–Kier alpha value is -1.45. The highest BCUT2D eigenvalue weighted by Gasteiger charge is 2.34. The Balaban J connectivity index is 2.46. The molecule has 0 amide bonds. The van der Waals surface area contributed by atoms with Crippen molar-refractivity contribution in [3.63, 3.8) is 0 Å². The van der Waals surface area contributed by atoms with Crippen LogP contribution in [0, 0.1) is 0 Å². The van der Waals surface area contributed by atoms with Crippen molar-refractivity contribution >= 4 is 10.0 Å². The molecule has 1 unspecified atom stereocenters. The summed E-state index contributed by atoms with van der Waals surface area (Å²) in [7, 11) is -4.01. The molecule has 1 aromatic heterocycles. The fourth-order valence-corrected chi connectivity index (χ4v) is 3.87. The van der Waals surface area contributed by atoms with Crippen LogP contribution in [-0.2, 0) is 10.0 Å². The van der Waals surface area contributed by atoms with Gasteiger partial charge in [-0.25, -0.2) is 13.2 Å². The third kappa shape index (κ3) is 2.62. The maximum absolute atomic E-state index is 12.4. The van der Waals surface area contributed by atoms with E-state index >= 15 is 0 Å². The molecule has 0 radical (unpaired) electrons. The Kier molecular flexibility index (Phi) is 3.88. The van der Waals surface area contributed by atoms with E-state index in [4.69, 9.17) is 0 Å². The molecule has 9 heteroatoms. The van der Waals surface area contributed by atoms with Crippen LogP contribution in [-0.4, -0.2) is 47.0 Å². The number of nitrogens with one attached hydrogen (secondary N) is 2. The van der Waals surface area contributed by atoms with Gasteiger partial charge in [0.05, 0.1) is 6.61 Å². The zero-order chi connectivity index (χ0) is 14.0. The molecule has 1 aliphatic heterocycles. The number of aliphatic hydroxyl groups is 1. The quantitative estimate of drug-likeness (QED) is 0.631. The maximum Gasteiger partial charge on any atom is 0.325 e. The van der Waals surface area contributed by atoms with E-state index in [1.165, 1.54) is 0 Å². The van der Waals surface area contributed by atoms with Crippen LogP contribution < -0.4 is 11.2 Å². The number of hydrogen-bond donors (Lipinski definition) is 3. The van der Waals surface area contributed by atoms with Crippen molar-refractivity contribution < 1.29 is 13.5 Å². The van der Waals surface area contributed by atoms with Crippen LogP contribution in [0.5, 0.6) is 0 Å². The minimum absolute atomic E-state index is 0.256. The normalized spacial score (nSPS) is 21.4. The lowest BCUT2D eigenvalue weighted by atomic mass is 10.1. The van der Waals surface area contributed by atoms with Gasteiger partial charge < -0.3 is 10.1 Å². The van der Waals surface area contributed by atoms with E-state index in [1.54, 1.807) is 0 Å². The summed E-state index contributed by atoms with van der Waals surface area (Å²) in [5.41, 5.74) is -1.72.